The second-order valence-electron chi connectivity index (χ2n) is 6.47. The quantitative estimate of drug-likeness (QED) is 0.630. The molecule has 140 valence electrons. The lowest BCUT2D eigenvalue weighted by Crippen LogP contribution is -2.41. The maximum Gasteiger partial charge on any atom is 0.324 e. The molecule has 6 nitrogen and oxygen atoms in total. The third-order valence-electron chi connectivity index (χ3n) is 4.67. The van der Waals surface area contributed by atoms with Crippen LogP contribution in [0.4, 0.5) is 0 Å². The highest BCUT2D eigenvalue weighted by Gasteiger charge is 2.41. The number of sulfonamides is 1. The minimum absolute atomic E-state index is 0.120. The highest BCUT2D eigenvalue weighted by molar-refractivity contribution is 7.89. The van der Waals surface area contributed by atoms with Gasteiger partial charge in [-0.2, -0.15) is 4.31 Å². The summed E-state index contributed by atoms with van der Waals surface area (Å²) in [5.41, 5.74) is 1.36. The fourth-order valence-corrected chi connectivity index (χ4v) is 4.89. The van der Waals surface area contributed by atoms with Crippen LogP contribution in [-0.2, 0) is 26.2 Å². The minimum Gasteiger partial charge on any atom is -0.460 e. The molecule has 4 rings (SSSR count). The van der Waals surface area contributed by atoms with Gasteiger partial charge in [0.05, 0.1) is 0 Å². The van der Waals surface area contributed by atoms with Crippen molar-refractivity contribution in [2.75, 3.05) is 6.54 Å². The minimum atomic E-state index is -3.91. The highest BCUT2D eigenvalue weighted by atomic mass is 32.2. The number of carbonyl (C=O) groups excluding carboxylic acids is 1. The Morgan fingerprint density at radius 1 is 1.11 bits per heavy atom. The first kappa shape index (κ1) is 17.8. The Morgan fingerprint density at radius 2 is 1.85 bits per heavy atom. The molecule has 0 unspecified atom stereocenters. The molecule has 0 N–H and O–H groups in total. The highest BCUT2D eigenvalue weighted by Crippen LogP contribution is 2.30. The Kier molecular flexibility index (Phi) is 4.72. The van der Waals surface area contributed by atoms with Crippen molar-refractivity contribution >= 4 is 27.0 Å². The molecule has 1 aliphatic heterocycles. The van der Waals surface area contributed by atoms with Crippen LogP contribution in [0.15, 0.2) is 70.2 Å². The number of hydrogen-bond donors (Lipinski definition) is 0. The summed E-state index contributed by atoms with van der Waals surface area (Å²) in [5.74, 6) is -0.531. The zero-order valence-corrected chi connectivity index (χ0v) is 15.4. The number of rotatable bonds is 5. The summed E-state index contributed by atoms with van der Waals surface area (Å²) in [6.07, 6.45) is 1.04. The van der Waals surface area contributed by atoms with E-state index < -0.39 is 22.0 Å². The molecule has 2 heterocycles. The number of nitrogens with zero attached hydrogens (tertiary/aromatic N) is 1. The number of para-hydroxylation sites is 1. The number of fused-ring (bicyclic) bond motifs is 1. The first-order valence-electron chi connectivity index (χ1n) is 8.77. The predicted molar refractivity (Wildman–Crippen MR) is 99.4 cm³/mol. The number of carbonyl (C=O) groups is 1. The number of furan rings is 1. The van der Waals surface area contributed by atoms with Gasteiger partial charge in [-0.05, 0) is 24.5 Å². The van der Waals surface area contributed by atoms with Crippen LogP contribution in [-0.4, -0.2) is 31.3 Å². The SMILES string of the molecule is O=C(OCc1ccccc1)[C@@H]1CCCN1S(=O)(=O)c1cc2ccccc2o1. The van der Waals surface area contributed by atoms with Crippen LogP contribution in [0.25, 0.3) is 11.0 Å². The van der Waals surface area contributed by atoms with Crippen LogP contribution < -0.4 is 0 Å². The van der Waals surface area contributed by atoms with Crippen molar-refractivity contribution in [3.05, 3.63) is 66.2 Å². The number of benzene rings is 2. The van der Waals surface area contributed by atoms with Crippen LogP contribution in [0, 0.1) is 0 Å². The first-order chi connectivity index (χ1) is 13.1. The Balaban J connectivity index is 1.53. The number of hydrogen-bond acceptors (Lipinski definition) is 5. The van der Waals surface area contributed by atoms with Gasteiger partial charge < -0.3 is 9.15 Å². The summed E-state index contributed by atoms with van der Waals surface area (Å²) in [6.45, 7) is 0.388. The van der Waals surface area contributed by atoms with E-state index in [4.69, 9.17) is 9.15 Å². The summed E-state index contributed by atoms with van der Waals surface area (Å²) >= 11 is 0. The van der Waals surface area contributed by atoms with Gasteiger partial charge in [-0.1, -0.05) is 48.5 Å². The summed E-state index contributed by atoms with van der Waals surface area (Å²) in [6, 6.07) is 17.1. The fourth-order valence-electron chi connectivity index (χ4n) is 3.29. The lowest BCUT2D eigenvalue weighted by atomic mass is 10.2. The van der Waals surface area contributed by atoms with Crippen molar-refractivity contribution in [3.63, 3.8) is 0 Å². The summed E-state index contributed by atoms with van der Waals surface area (Å²) in [4.78, 5) is 12.5. The average molecular weight is 385 g/mol. The molecule has 3 aromatic rings. The second kappa shape index (κ2) is 7.17. The summed E-state index contributed by atoms with van der Waals surface area (Å²) in [5, 5.41) is 0.560. The zero-order valence-electron chi connectivity index (χ0n) is 14.6. The van der Waals surface area contributed by atoms with E-state index in [9.17, 15) is 13.2 Å². The number of ether oxygens (including phenoxy) is 1. The Hall–Kier alpha value is -2.64. The summed E-state index contributed by atoms with van der Waals surface area (Å²) in [7, 11) is -3.91. The summed E-state index contributed by atoms with van der Waals surface area (Å²) < 4.78 is 38.1. The lowest BCUT2D eigenvalue weighted by Gasteiger charge is -2.21. The van der Waals surface area contributed by atoms with Crippen LogP contribution in [0.3, 0.4) is 0 Å². The van der Waals surface area contributed by atoms with E-state index in [2.05, 4.69) is 0 Å². The third kappa shape index (κ3) is 3.48. The van der Waals surface area contributed by atoms with E-state index in [0.29, 0.717) is 23.8 Å². The first-order valence-corrected chi connectivity index (χ1v) is 10.2. The van der Waals surface area contributed by atoms with Crippen molar-refractivity contribution in [1.29, 1.82) is 0 Å². The smallest absolute Gasteiger partial charge is 0.324 e. The standard InChI is InChI=1S/C20H19NO5S/c22-20(25-14-15-7-2-1-3-8-15)17-10-6-12-21(17)27(23,24)19-13-16-9-4-5-11-18(16)26-19/h1-5,7-9,11,13,17H,6,10,12,14H2/t17-/m0/s1. The average Bonchev–Trinajstić information content (AvgIpc) is 3.34. The van der Waals surface area contributed by atoms with Gasteiger partial charge in [-0.3, -0.25) is 4.79 Å². The van der Waals surface area contributed by atoms with Gasteiger partial charge in [-0.25, -0.2) is 8.42 Å². The molecular weight excluding hydrogens is 366 g/mol. The van der Waals surface area contributed by atoms with Crippen LogP contribution in [0.1, 0.15) is 18.4 Å². The van der Waals surface area contributed by atoms with Gasteiger partial charge in [0.2, 0.25) is 5.09 Å². The number of esters is 1. The predicted octanol–water partition coefficient (Wildman–Crippen LogP) is 3.33. The second-order valence-corrected chi connectivity index (χ2v) is 8.29. The maximum atomic E-state index is 13.0. The van der Waals surface area contributed by atoms with E-state index in [-0.39, 0.29) is 18.2 Å². The molecule has 0 aliphatic carbocycles. The molecule has 0 radical (unpaired) electrons. The lowest BCUT2D eigenvalue weighted by molar-refractivity contribution is -0.148. The maximum absolute atomic E-state index is 13.0. The Labute approximate surface area is 157 Å². The van der Waals surface area contributed by atoms with E-state index in [1.54, 1.807) is 18.2 Å². The van der Waals surface area contributed by atoms with Crippen molar-refractivity contribution < 1.29 is 22.4 Å². The Morgan fingerprint density at radius 3 is 2.63 bits per heavy atom. The molecule has 1 fully saturated rings. The van der Waals surface area contributed by atoms with Gasteiger partial charge in [0, 0.05) is 18.0 Å². The molecule has 1 atom stereocenters. The zero-order chi connectivity index (χ0) is 18.9. The molecule has 2 aromatic carbocycles. The Bertz CT molecular complexity index is 1030. The van der Waals surface area contributed by atoms with Crippen molar-refractivity contribution in [3.8, 4) is 0 Å². The fraction of sp³-hybridized carbons (Fsp3) is 0.250. The molecule has 1 saturated heterocycles. The van der Waals surface area contributed by atoms with Crippen molar-refractivity contribution in [2.24, 2.45) is 0 Å². The van der Waals surface area contributed by atoms with E-state index in [1.807, 2.05) is 36.4 Å². The third-order valence-corrected chi connectivity index (χ3v) is 6.43. The van der Waals surface area contributed by atoms with Gasteiger partial charge in [0.1, 0.15) is 18.2 Å². The van der Waals surface area contributed by atoms with Crippen LogP contribution >= 0.6 is 0 Å². The van der Waals surface area contributed by atoms with Gasteiger partial charge in [0.15, 0.2) is 0 Å². The van der Waals surface area contributed by atoms with Crippen LogP contribution in [0.5, 0.6) is 0 Å². The molecule has 27 heavy (non-hydrogen) atoms. The molecule has 0 spiro atoms. The topological polar surface area (TPSA) is 76.8 Å². The monoisotopic (exact) mass is 385 g/mol. The molecule has 1 aliphatic rings. The molecule has 0 bridgehead atoms. The molecule has 7 heteroatoms. The van der Waals surface area contributed by atoms with Gasteiger partial charge in [0.25, 0.3) is 10.0 Å². The van der Waals surface area contributed by atoms with Gasteiger partial charge >= 0.3 is 5.97 Å². The van der Waals surface area contributed by atoms with E-state index in [1.165, 1.54) is 10.4 Å². The largest absolute Gasteiger partial charge is 0.460 e. The molecule has 1 aromatic heterocycles. The molecular formula is C20H19NO5S. The van der Waals surface area contributed by atoms with Gasteiger partial charge in [-0.15, -0.1) is 0 Å². The molecule has 0 saturated carbocycles. The molecule has 0 amide bonds. The van der Waals surface area contributed by atoms with Crippen molar-refractivity contribution in [1.82, 2.24) is 4.31 Å². The van der Waals surface area contributed by atoms with E-state index in [0.717, 1.165) is 5.56 Å². The van der Waals surface area contributed by atoms with Crippen LogP contribution in [0.2, 0.25) is 0 Å². The normalized spacial score (nSPS) is 18.0. The van der Waals surface area contributed by atoms with Crippen molar-refractivity contribution in [2.45, 2.75) is 30.6 Å². The van der Waals surface area contributed by atoms with E-state index >= 15 is 0 Å².